The minimum absolute atomic E-state index is 0.0382. The van der Waals surface area contributed by atoms with Gasteiger partial charge in [-0.15, -0.1) is 0 Å². The first-order valence-electron chi connectivity index (χ1n) is 6.24. The first-order valence-corrected chi connectivity index (χ1v) is 7.68. The molecule has 0 aliphatic carbocycles. The Labute approximate surface area is 110 Å². The van der Waals surface area contributed by atoms with Gasteiger partial charge in [-0.05, 0) is 44.5 Å². The van der Waals surface area contributed by atoms with Gasteiger partial charge in [0.05, 0.1) is 4.90 Å². The van der Waals surface area contributed by atoms with Crippen molar-refractivity contribution >= 4 is 10.0 Å². The summed E-state index contributed by atoms with van der Waals surface area (Å²) in [6, 6.07) is 6.93. The summed E-state index contributed by atoms with van der Waals surface area (Å²) >= 11 is 0. The van der Waals surface area contributed by atoms with E-state index in [1.807, 2.05) is 32.9 Å². The van der Waals surface area contributed by atoms with E-state index in [1.54, 1.807) is 12.1 Å². The van der Waals surface area contributed by atoms with Crippen LogP contribution in [0, 0.1) is 0 Å². The van der Waals surface area contributed by atoms with Gasteiger partial charge in [0.2, 0.25) is 10.0 Å². The maximum Gasteiger partial charge on any atom is 0.243 e. The Morgan fingerprint density at radius 3 is 2.17 bits per heavy atom. The van der Waals surface area contributed by atoms with Crippen molar-refractivity contribution in [2.45, 2.75) is 38.1 Å². The molecule has 0 saturated carbocycles. The third-order valence-electron chi connectivity index (χ3n) is 2.85. The average Bonchev–Trinajstić information content (AvgIpc) is 2.30. The molecule has 18 heavy (non-hydrogen) atoms. The highest BCUT2D eigenvalue weighted by molar-refractivity contribution is 7.89. The van der Waals surface area contributed by atoms with Crippen LogP contribution in [-0.2, 0) is 16.4 Å². The van der Waals surface area contributed by atoms with Gasteiger partial charge in [0.1, 0.15) is 0 Å². The Morgan fingerprint density at radius 2 is 1.78 bits per heavy atom. The minimum atomic E-state index is -3.38. The van der Waals surface area contributed by atoms with Crippen molar-refractivity contribution in [1.82, 2.24) is 4.31 Å². The molecular formula is C13H22N2O2S. The predicted molar refractivity (Wildman–Crippen MR) is 73.9 cm³/mol. The molecule has 0 aliphatic rings. The molecule has 102 valence electrons. The summed E-state index contributed by atoms with van der Waals surface area (Å²) in [5.41, 5.74) is 6.53. The van der Waals surface area contributed by atoms with Crippen LogP contribution in [0.15, 0.2) is 29.2 Å². The molecule has 0 unspecified atom stereocenters. The summed E-state index contributed by atoms with van der Waals surface area (Å²) in [7, 11) is -3.38. The van der Waals surface area contributed by atoms with Gasteiger partial charge in [-0.25, -0.2) is 8.42 Å². The number of hydrogen-bond donors (Lipinski definition) is 1. The number of benzene rings is 1. The van der Waals surface area contributed by atoms with E-state index in [0.717, 1.165) is 12.0 Å². The second-order valence-corrected chi connectivity index (χ2v) is 6.38. The van der Waals surface area contributed by atoms with Crippen LogP contribution < -0.4 is 5.73 Å². The lowest BCUT2D eigenvalue weighted by atomic mass is 10.2. The quantitative estimate of drug-likeness (QED) is 0.854. The van der Waals surface area contributed by atoms with Crippen LogP contribution in [0.2, 0.25) is 0 Å². The van der Waals surface area contributed by atoms with Crippen LogP contribution in [0.4, 0.5) is 0 Å². The Hall–Kier alpha value is -0.910. The van der Waals surface area contributed by atoms with Gasteiger partial charge in [-0.2, -0.15) is 4.31 Å². The van der Waals surface area contributed by atoms with E-state index in [0.29, 0.717) is 18.0 Å². The smallest absolute Gasteiger partial charge is 0.243 e. The molecule has 0 spiro atoms. The van der Waals surface area contributed by atoms with E-state index < -0.39 is 10.0 Å². The second kappa shape index (κ2) is 6.31. The summed E-state index contributed by atoms with van der Waals surface area (Å²) in [4.78, 5) is 0.346. The van der Waals surface area contributed by atoms with Gasteiger partial charge < -0.3 is 5.73 Å². The highest BCUT2D eigenvalue weighted by Gasteiger charge is 2.25. The zero-order valence-corrected chi connectivity index (χ0v) is 12.1. The Bertz CT molecular complexity index is 466. The van der Waals surface area contributed by atoms with Gasteiger partial charge >= 0.3 is 0 Å². The first kappa shape index (κ1) is 15.1. The summed E-state index contributed by atoms with van der Waals surface area (Å²) in [5, 5.41) is 0. The molecule has 1 aromatic carbocycles. The molecule has 0 aromatic heterocycles. The molecule has 4 nitrogen and oxygen atoms in total. The van der Waals surface area contributed by atoms with Crippen molar-refractivity contribution < 1.29 is 8.42 Å². The van der Waals surface area contributed by atoms with E-state index >= 15 is 0 Å². The maximum atomic E-state index is 12.4. The minimum Gasteiger partial charge on any atom is -0.330 e. The van der Waals surface area contributed by atoms with Crippen molar-refractivity contribution in [2.24, 2.45) is 5.73 Å². The van der Waals surface area contributed by atoms with Gasteiger partial charge in [0.15, 0.2) is 0 Å². The lowest BCUT2D eigenvalue weighted by molar-refractivity contribution is 0.369. The summed E-state index contributed by atoms with van der Waals surface area (Å²) in [5.74, 6) is 0. The molecular weight excluding hydrogens is 248 g/mol. The SMILES string of the molecule is CCN(C(C)C)S(=O)(=O)c1ccc(CCN)cc1. The molecule has 0 saturated heterocycles. The molecule has 0 amide bonds. The van der Waals surface area contributed by atoms with Gasteiger partial charge in [0, 0.05) is 12.6 Å². The first-order chi connectivity index (χ1) is 8.43. The van der Waals surface area contributed by atoms with Gasteiger partial charge in [-0.3, -0.25) is 0 Å². The van der Waals surface area contributed by atoms with Crippen molar-refractivity contribution in [3.8, 4) is 0 Å². The Balaban J connectivity index is 3.04. The average molecular weight is 270 g/mol. The van der Waals surface area contributed by atoms with E-state index in [4.69, 9.17) is 5.73 Å². The van der Waals surface area contributed by atoms with Crippen LogP contribution in [0.5, 0.6) is 0 Å². The van der Waals surface area contributed by atoms with Crippen molar-refractivity contribution in [2.75, 3.05) is 13.1 Å². The van der Waals surface area contributed by atoms with Crippen LogP contribution in [0.1, 0.15) is 26.3 Å². The highest BCUT2D eigenvalue weighted by atomic mass is 32.2. The third kappa shape index (κ3) is 3.31. The molecule has 1 rings (SSSR count). The second-order valence-electron chi connectivity index (χ2n) is 4.48. The zero-order chi connectivity index (χ0) is 13.8. The van der Waals surface area contributed by atoms with Crippen LogP contribution in [0.25, 0.3) is 0 Å². The molecule has 0 atom stereocenters. The van der Waals surface area contributed by atoms with Crippen molar-refractivity contribution in [1.29, 1.82) is 0 Å². The Morgan fingerprint density at radius 1 is 1.22 bits per heavy atom. The van der Waals surface area contributed by atoms with Gasteiger partial charge in [-0.1, -0.05) is 19.1 Å². The fraction of sp³-hybridized carbons (Fsp3) is 0.538. The molecule has 5 heteroatoms. The summed E-state index contributed by atoms with van der Waals surface area (Å²) < 4.78 is 26.2. The molecule has 2 N–H and O–H groups in total. The molecule has 0 bridgehead atoms. The van der Waals surface area contributed by atoms with Crippen molar-refractivity contribution in [3.05, 3.63) is 29.8 Å². The maximum absolute atomic E-state index is 12.4. The molecule has 0 heterocycles. The number of rotatable bonds is 6. The molecule has 1 aromatic rings. The normalized spacial score (nSPS) is 12.3. The van der Waals surface area contributed by atoms with Crippen LogP contribution in [-0.4, -0.2) is 31.9 Å². The number of nitrogens with zero attached hydrogens (tertiary/aromatic N) is 1. The fourth-order valence-corrected chi connectivity index (χ4v) is 3.59. The summed E-state index contributed by atoms with van der Waals surface area (Å²) in [6.07, 6.45) is 0.766. The van der Waals surface area contributed by atoms with E-state index in [-0.39, 0.29) is 6.04 Å². The topological polar surface area (TPSA) is 63.4 Å². The van der Waals surface area contributed by atoms with E-state index in [1.165, 1.54) is 4.31 Å². The van der Waals surface area contributed by atoms with E-state index in [2.05, 4.69) is 0 Å². The van der Waals surface area contributed by atoms with Crippen LogP contribution in [0.3, 0.4) is 0 Å². The third-order valence-corrected chi connectivity index (χ3v) is 5.02. The lowest BCUT2D eigenvalue weighted by Crippen LogP contribution is -2.36. The predicted octanol–water partition coefficient (Wildman–Crippen LogP) is 1.61. The largest absolute Gasteiger partial charge is 0.330 e. The summed E-state index contributed by atoms with van der Waals surface area (Å²) in [6.45, 7) is 6.65. The van der Waals surface area contributed by atoms with Gasteiger partial charge in [0.25, 0.3) is 0 Å². The molecule has 0 aliphatic heterocycles. The zero-order valence-electron chi connectivity index (χ0n) is 11.3. The number of nitrogens with two attached hydrogens (primary N) is 1. The standard InChI is InChI=1S/C13H22N2O2S/c1-4-15(11(2)3)18(16,17)13-7-5-12(6-8-13)9-10-14/h5-8,11H,4,9-10,14H2,1-3H3. The van der Waals surface area contributed by atoms with Crippen molar-refractivity contribution in [3.63, 3.8) is 0 Å². The monoisotopic (exact) mass is 270 g/mol. The lowest BCUT2D eigenvalue weighted by Gasteiger charge is -2.24. The number of sulfonamides is 1. The number of hydrogen-bond acceptors (Lipinski definition) is 3. The van der Waals surface area contributed by atoms with Crippen LogP contribution >= 0.6 is 0 Å². The highest BCUT2D eigenvalue weighted by Crippen LogP contribution is 2.18. The molecule has 0 fully saturated rings. The Kier molecular flexibility index (Phi) is 5.31. The molecule has 0 radical (unpaired) electrons. The van der Waals surface area contributed by atoms with E-state index in [9.17, 15) is 8.42 Å². The fourth-order valence-electron chi connectivity index (χ4n) is 1.94.